The van der Waals surface area contributed by atoms with Gasteiger partial charge in [0.1, 0.15) is 11.0 Å². The van der Waals surface area contributed by atoms with Crippen LogP contribution in [0.4, 0.5) is 0 Å². The monoisotopic (exact) mass is 424 g/mol. The Hall–Kier alpha value is -2.84. The molecule has 30 heavy (non-hydrogen) atoms. The van der Waals surface area contributed by atoms with E-state index in [9.17, 15) is 4.79 Å². The third kappa shape index (κ3) is 4.34. The standard InChI is InChI=1S/C22H24N4O3S/c1-25-20(17-8-10-18(28-2)11-9-17)23-24-22(25)30-19(16-6-4-3-5-7-16)21(27)26-12-14-29-15-13-26/h3-11,19H,12-15H2,1-2H3. The number of methoxy groups -OCH3 is 1. The average molecular weight is 425 g/mol. The van der Waals surface area contributed by atoms with Crippen molar-refractivity contribution < 1.29 is 14.3 Å². The summed E-state index contributed by atoms with van der Waals surface area (Å²) in [4.78, 5) is 15.2. The topological polar surface area (TPSA) is 69.5 Å². The zero-order valence-corrected chi connectivity index (χ0v) is 17.8. The van der Waals surface area contributed by atoms with E-state index < -0.39 is 5.25 Å². The van der Waals surface area contributed by atoms with Gasteiger partial charge in [0.05, 0.1) is 20.3 Å². The first-order chi connectivity index (χ1) is 14.7. The summed E-state index contributed by atoms with van der Waals surface area (Å²) in [6, 6.07) is 17.5. The minimum absolute atomic E-state index is 0.0727. The Labute approximate surface area is 180 Å². The Morgan fingerprint density at radius 2 is 1.77 bits per heavy atom. The SMILES string of the molecule is COc1ccc(-c2nnc(SC(C(=O)N3CCOCC3)c3ccccc3)n2C)cc1. The number of benzene rings is 2. The molecule has 0 aliphatic carbocycles. The van der Waals surface area contributed by atoms with Crippen LogP contribution in [0, 0.1) is 0 Å². The van der Waals surface area contributed by atoms with E-state index in [0.717, 1.165) is 22.7 Å². The molecular formula is C22H24N4O3S. The molecule has 4 rings (SSSR count). The molecule has 0 radical (unpaired) electrons. The van der Waals surface area contributed by atoms with Crippen molar-refractivity contribution in [1.82, 2.24) is 19.7 Å². The van der Waals surface area contributed by atoms with Crippen LogP contribution in [0.5, 0.6) is 5.75 Å². The first kappa shape index (κ1) is 20.4. The predicted octanol–water partition coefficient (Wildman–Crippen LogP) is 3.18. The molecule has 1 fully saturated rings. The van der Waals surface area contributed by atoms with Crippen molar-refractivity contribution >= 4 is 17.7 Å². The molecular weight excluding hydrogens is 400 g/mol. The molecule has 2 aromatic carbocycles. The van der Waals surface area contributed by atoms with Crippen LogP contribution in [-0.2, 0) is 16.6 Å². The quantitative estimate of drug-likeness (QED) is 0.566. The van der Waals surface area contributed by atoms with E-state index in [2.05, 4.69) is 10.2 Å². The minimum atomic E-state index is -0.393. The van der Waals surface area contributed by atoms with Gasteiger partial charge in [-0.3, -0.25) is 4.79 Å². The lowest BCUT2D eigenvalue weighted by atomic mass is 10.1. The van der Waals surface area contributed by atoms with Gasteiger partial charge in [0.25, 0.3) is 0 Å². The lowest BCUT2D eigenvalue weighted by Gasteiger charge is -2.30. The molecule has 0 spiro atoms. The third-order valence-electron chi connectivity index (χ3n) is 5.06. The maximum absolute atomic E-state index is 13.3. The lowest BCUT2D eigenvalue weighted by molar-refractivity contribution is -0.134. The van der Waals surface area contributed by atoms with Gasteiger partial charge in [-0.2, -0.15) is 0 Å². The van der Waals surface area contributed by atoms with E-state index in [1.807, 2.05) is 71.1 Å². The highest BCUT2D eigenvalue weighted by Gasteiger charge is 2.30. The highest BCUT2D eigenvalue weighted by atomic mass is 32.2. The molecule has 2 heterocycles. The number of thioether (sulfide) groups is 1. The number of ether oxygens (including phenoxy) is 2. The molecule has 0 bridgehead atoms. The number of aromatic nitrogens is 3. The Kier molecular flexibility index (Phi) is 6.35. The van der Waals surface area contributed by atoms with Crippen LogP contribution in [0.25, 0.3) is 11.4 Å². The zero-order chi connectivity index (χ0) is 20.9. The molecule has 0 N–H and O–H groups in total. The smallest absolute Gasteiger partial charge is 0.240 e. The molecule has 1 saturated heterocycles. The Balaban J connectivity index is 1.61. The normalized spacial score (nSPS) is 15.1. The van der Waals surface area contributed by atoms with Crippen molar-refractivity contribution in [1.29, 1.82) is 0 Å². The van der Waals surface area contributed by atoms with Gasteiger partial charge in [-0.05, 0) is 29.8 Å². The fourth-order valence-corrected chi connectivity index (χ4v) is 4.44. The maximum Gasteiger partial charge on any atom is 0.240 e. The molecule has 156 valence electrons. The van der Waals surface area contributed by atoms with E-state index >= 15 is 0 Å². The van der Waals surface area contributed by atoms with Crippen molar-refractivity contribution in [2.75, 3.05) is 33.4 Å². The van der Waals surface area contributed by atoms with Gasteiger partial charge in [-0.15, -0.1) is 10.2 Å². The van der Waals surface area contributed by atoms with Gasteiger partial charge >= 0.3 is 0 Å². The summed E-state index contributed by atoms with van der Waals surface area (Å²) in [6.45, 7) is 2.37. The third-order valence-corrected chi connectivity index (χ3v) is 6.33. The summed E-state index contributed by atoms with van der Waals surface area (Å²) in [5.41, 5.74) is 1.89. The molecule has 1 aliphatic rings. The number of carbonyl (C=O) groups is 1. The van der Waals surface area contributed by atoms with Crippen LogP contribution < -0.4 is 4.74 Å². The Morgan fingerprint density at radius 3 is 2.43 bits per heavy atom. The average Bonchev–Trinajstić information content (AvgIpc) is 3.18. The molecule has 1 aromatic heterocycles. The molecule has 8 heteroatoms. The second-order valence-electron chi connectivity index (χ2n) is 6.94. The highest BCUT2D eigenvalue weighted by Crippen LogP contribution is 2.37. The fourth-order valence-electron chi connectivity index (χ4n) is 3.35. The van der Waals surface area contributed by atoms with E-state index in [1.54, 1.807) is 7.11 Å². The van der Waals surface area contributed by atoms with Gasteiger partial charge in [0, 0.05) is 25.7 Å². The molecule has 1 unspecified atom stereocenters. The second kappa shape index (κ2) is 9.32. The fraction of sp³-hybridized carbons (Fsp3) is 0.318. The van der Waals surface area contributed by atoms with E-state index in [0.29, 0.717) is 31.5 Å². The van der Waals surface area contributed by atoms with Gasteiger partial charge in [-0.25, -0.2) is 0 Å². The number of morpholine rings is 1. The van der Waals surface area contributed by atoms with Crippen LogP contribution in [0.2, 0.25) is 0 Å². The van der Waals surface area contributed by atoms with Crippen LogP contribution in [0.15, 0.2) is 59.8 Å². The van der Waals surface area contributed by atoms with E-state index in [1.165, 1.54) is 11.8 Å². The predicted molar refractivity (Wildman–Crippen MR) is 115 cm³/mol. The number of hydrogen-bond acceptors (Lipinski definition) is 6. The molecule has 1 atom stereocenters. The van der Waals surface area contributed by atoms with E-state index in [4.69, 9.17) is 9.47 Å². The van der Waals surface area contributed by atoms with E-state index in [-0.39, 0.29) is 5.91 Å². The van der Waals surface area contributed by atoms with Gasteiger partial charge < -0.3 is 18.9 Å². The van der Waals surface area contributed by atoms with Gasteiger partial charge in [0.15, 0.2) is 11.0 Å². The lowest BCUT2D eigenvalue weighted by Crippen LogP contribution is -2.42. The first-order valence-electron chi connectivity index (χ1n) is 9.79. The van der Waals surface area contributed by atoms with Crippen LogP contribution in [0.3, 0.4) is 0 Å². The van der Waals surface area contributed by atoms with Crippen molar-refractivity contribution in [3.8, 4) is 17.1 Å². The van der Waals surface area contributed by atoms with Crippen LogP contribution in [0.1, 0.15) is 10.8 Å². The van der Waals surface area contributed by atoms with Crippen molar-refractivity contribution in [2.45, 2.75) is 10.4 Å². The van der Waals surface area contributed by atoms with Crippen molar-refractivity contribution in [3.05, 3.63) is 60.2 Å². The summed E-state index contributed by atoms with van der Waals surface area (Å²) in [7, 11) is 3.56. The number of amides is 1. The van der Waals surface area contributed by atoms with Gasteiger partial charge in [0.2, 0.25) is 5.91 Å². The summed E-state index contributed by atoms with van der Waals surface area (Å²) in [6.07, 6.45) is 0. The highest BCUT2D eigenvalue weighted by molar-refractivity contribution is 8.00. The van der Waals surface area contributed by atoms with Gasteiger partial charge in [-0.1, -0.05) is 42.1 Å². The molecule has 0 saturated carbocycles. The van der Waals surface area contributed by atoms with Crippen molar-refractivity contribution in [3.63, 3.8) is 0 Å². The van der Waals surface area contributed by atoms with Crippen LogP contribution in [-0.4, -0.2) is 59.0 Å². The summed E-state index contributed by atoms with van der Waals surface area (Å²) < 4.78 is 12.6. The summed E-state index contributed by atoms with van der Waals surface area (Å²) >= 11 is 1.43. The maximum atomic E-state index is 13.3. The van der Waals surface area contributed by atoms with Crippen molar-refractivity contribution in [2.24, 2.45) is 7.05 Å². The van der Waals surface area contributed by atoms with Crippen LogP contribution >= 0.6 is 11.8 Å². The molecule has 1 aliphatic heterocycles. The molecule has 7 nitrogen and oxygen atoms in total. The Bertz CT molecular complexity index is 985. The largest absolute Gasteiger partial charge is 0.497 e. The zero-order valence-electron chi connectivity index (χ0n) is 17.0. The number of carbonyl (C=O) groups excluding carboxylic acids is 1. The molecule has 3 aromatic rings. The first-order valence-corrected chi connectivity index (χ1v) is 10.7. The summed E-state index contributed by atoms with van der Waals surface area (Å²) in [5.74, 6) is 1.60. The number of rotatable bonds is 6. The number of hydrogen-bond donors (Lipinski definition) is 0. The summed E-state index contributed by atoms with van der Waals surface area (Å²) in [5, 5.41) is 9.04. The minimum Gasteiger partial charge on any atom is -0.497 e. The second-order valence-corrected chi connectivity index (χ2v) is 8.01. The Morgan fingerprint density at radius 1 is 1.07 bits per heavy atom. The number of nitrogens with zero attached hydrogens (tertiary/aromatic N) is 4. The molecule has 1 amide bonds.